The van der Waals surface area contributed by atoms with Crippen molar-refractivity contribution in [1.82, 2.24) is 5.32 Å². The van der Waals surface area contributed by atoms with Gasteiger partial charge in [0.1, 0.15) is 11.1 Å². The Morgan fingerprint density at radius 2 is 2.22 bits per heavy atom. The minimum Gasteiger partial charge on any atom is -0.507 e. The number of alkyl halides is 1. The van der Waals surface area contributed by atoms with Crippen LogP contribution in [0.15, 0.2) is 22.7 Å². The molecule has 5 nitrogen and oxygen atoms in total. The lowest BCUT2D eigenvalue weighted by molar-refractivity contribution is -0.140. The maximum Gasteiger partial charge on any atom is 0.325 e. The van der Waals surface area contributed by atoms with Gasteiger partial charge in [-0.05, 0) is 18.2 Å². The number of carbonyl (C=O) groups excluding carboxylic acids is 2. The van der Waals surface area contributed by atoms with Gasteiger partial charge in [0.15, 0.2) is 0 Å². The van der Waals surface area contributed by atoms with Crippen LogP contribution >= 0.6 is 27.5 Å². The highest BCUT2D eigenvalue weighted by Gasteiger charge is 2.18. The van der Waals surface area contributed by atoms with Crippen molar-refractivity contribution < 1.29 is 19.4 Å². The Kier molecular flexibility index (Phi) is 5.43. The Labute approximate surface area is 117 Å². The summed E-state index contributed by atoms with van der Waals surface area (Å²) >= 11 is 8.86. The molecule has 0 aliphatic carbocycles. The summed E-state index contributed by atoms with van der Waals surface area (Å²) in [6, 6.07) is 4.45. The molecule has 98 valence electrons. The van der Waals surface area contributed by atoms with Crippen LogP contribution in [-0.4, -0.2) is 36.0 Å². The van der Waals surface area contributed by atoms with Crippen molar-refractivity contribution in [3.05, 3.63) is 28.2 Å². The molecular weight excluding hydrogens is 325 g/mol. The topological polar surface area (TPSA) is 75.6 Å². The first-order chi connectivity index (χ1) is 8.45. The van der Waals surface area contributed by atoms with Gasteiger partial charge in [-0.3, -0.25) is 9.59 Å². The fourth-order valence-electron chi connectivity index (χ4n) is 1.18. The summed E-state index contributed by atoms with van der Waals surface area (Å²) in [5.41, 5.74) is 0.0955. The number of methoxy groups -OCH3 is 1. The second-order valence-electron chi connectivity index (χ2n) is 3.36. The zero-order valence-corrected chi connectivity index (χ0v) is 11.8. The van der Waals surface area contributed by atoms with Crippen LogP contribution in [0.25, 0.3) is 0 Å². The lowest BCUT2D eigenvalue weighted by Crippen LogP contribution is -2.34. The molecular formula is C11H11BrClNO4. The first-order valence-corrected chi connectivity index (χ1v) is 6.17. The quantitative estimate of drug-likeness (QED) is 0.648. The average Bonchev–Trinajstić information content (AvgIpc) is 2.37. The Morgan fingerprint density at radius 3 is 2.83 bits per heavy atom. The molecule has 1 rings (SSSR count). The molecule has 0 radical (unpaired) electrons. The Bertz CT molecular complexity index is 466. The van der Waals surface area contributed by atoms with Gasteiger partial charge >= 0.3 is 5.97 Å². The van der Waals surface area contributed by atoms with Crippen LogP contribution < -0.4 is 5.32 Å². The number of benzene rings is 1. The predicted molar refractivity (Wildman–Crippen MR) is 69.8 cm³/mol. The van der Waals surface area contributed by atoms with Crippen LogP contribution in [0.1, 0.15) is 10.4 Å². The van der Waals surface area contributed by atoms with Gasteiger partial charge in [0.05, 0.1) is 12.7 Å². The van der Waals surface area contributed by atoms with Gasteiger partial charge in [-0.2, -0.15) is 0 Å². The highest BCUT2D eigenvalue weighted by molar-refractivity contribution is 9.10. The van der Waals surface area contributed by atoms with Crippen molar-refractivity contribution in [3.63, 3.8) is 0 Å². The lowest BCUT2D eigenvalue weighted by Gasteiger charge is -2.10. The summed E-state index contributed by atoms with van der Waals surface area (Å²) in [6.07, 6.45) is 0. The van der Waals surface area contributed by atoms with E-state index < -0.39 is 17.3 Å². The molecule has 1 aromatic carbocycles. The molecule has 1 aromatic rings. The highest BCUT2D eigenvalue weighted by Crippen LogP contribution is 2.21. The number of aromatic hydroxyl groups is 1. The van der Waals surface area contributed by atoms with Crippen molar-refractivity contribution in [2.75, 3.05) is 13.7 Å². The number of esters is 1. The molecule has 1 unspecified atom stereocenters. The first kappa shape index (κ1) is 14.8. The number of rotatable bonds is 4. The fourth-order valence-corrected chi connectivity index (χ4v) is 1.71. The van der Waals surface area contributed by atoms with Crippen molar-refractivity contribution in [1.29, 1.82) is 0 Å². The van der Waals surface area contributed by atoms with E-state index in [4.69, 9.17) is 11.6 Å². The Morgan fingerprint density at radius 1 is 1.56 bits per heavy atom. The molecule has 1 atom stereocenters. The van der Waals surface area contributed by atoms with E-state index in [0.717, 1.165) is 0 Å². The van der Waals surface area contributed by atoms with E-state index in [1.165, 1.54) is 19.2 Å². The number of nitrogens with one attached hydrogen (secondary N) is 1. The molecule has 0 aliphatic heterocycles. The van der Waals surface area contributed by atoms with Crippen LogP contribution in [-0.2, 0) is 9.53 Å². The molecule has 0 spiro atoms. The molecule has 0 aliphatic rings. The summed E-state index contributed by atoms with van der Waals surface area (Å²) in [7, 11) is 1.21. The normalized spacial score (nSPS) is 11.7. The summed E-state index contributed by atoms with van der Waals surface area (Å²) in [6.45, 7) is -0.0843. The molecule has 0 saturated heterocycles. The van der Waals surface area contributed by atoms with Crippen molar-refractivity contribution in [2.24, 2.45) is 0 Å². The summed E-state index contributed by atoms with van der Waals surface area (Å²) in [5, 5.41) is 11.0. The lowest BCUT2D eigenvalue weighted by atomic mass is 10.2. The number of amides is 1. The molecule has 0 saturated carbocycles. The van der Waals surface area contributed by atoms with Crippen LogP contribution in [0.2, 0.25) is 0 Å². The number of halogens is 2. The van der Waals surface area contributed by atoms with Gasteiger partial charge in [-0.15, -0.1) is 11.6 Å². The van der Waals surface area contributed by atoms with E-state index in [1.807, 2.05) is 0 Å². The van der Waals surface area contributed by atoms with Gasteiger partial charge in [0.25, 0.3) is 5.91 Å². The summed E-state index contributed by atoms with van der Waals surface area (Å²) in [5.74, 6) is -1.31. The van der Waals surface area contributed by atoms with Crippen LogP contribution in [0.3, 0.4) is 0 Å². The summed E-state index contributed by atoms with van der Waals surface area (Å²) in [4.78, 5) is 22.7. The van der Waals surface area contributed by atoms with Crippen LogP contribution in [0.4, 0.5) is 0 Å². The molecule has 0 bridgehead atoms. The van der Waals surface area contributed by atoms with Crippen molar-refractivity contribution in [3.8, 4) is 5.75 Å². The van der Waals surface area contributed by atoms with Gasteiger partial charge < -0.3 is 15.2 Å². The van der Waals surface area contributed by atoms with E-state index in [-0.39, 0.29) is 17.9 Å². The van der Waals surface area contributed by atoms with E-state index in [9.17, 15) is 14.7 Å². The second kappa shape index (κ2) is 6.61. The SMILES string of the molecule is COC(=O)C(Cl)CNC(=O)c1cc(Br)ccc1O. The molecule has 0 heterocycles. The standard InChI is InChI=1S/C11H11BrClNO4/c1-18-11(17)8(13)5-14-10(16)7-4-6(12)2-3-9(7)15/h2-4,8,15H,5H2,1H3,(H,14,16). The average molecular weight is 337 g/mol. The van der Waals surface area contributed by atoms with E-state index >= 15 is 0 Å². The third-order valence-electron chi connectivity index (χ3n) is 2.10. The molecule has 2 N–H and O–H groups in total. The number of hydrogen-bond acceptors (Lipinski definition) is 4. The fraction of sp³-hybridized carbons (Fsp3) is 0.273. The van der Waals surface area contributed by atoms with Crippen LogP contribution in [0.5, 0.6) is 5.75 Å². The number of ether oxygens (including phenoxy) is 1. The second-order valence-corrected chi connectivity index (χ2v) is 4.80. The van der Waals surface area contributed by atoms with Gasteiger partial charge in [0.2, 0.25) is 0 Å². The zero-order valence-electron chi connectivity index (χ0n) is 9.44. The number of phenolic OH excluding ortho intramolecular Hbond substituents is 1. The van der Waals surface area contributed by atoms with Crippen molar-refractivity contribution in [2.45, 2.75) is 5.38 Å². The third-order valence-corrected chi connectivity index (χ3v) is 2.93. The Hall–Kier alpha value is -1.27. The largest absolute Gasteiger partial charge is 0.507 e. The zero-order chi connectivity index (χ0) is 13.7. The third kappa shape index (κ3) is 3.89. The molecule has 1 amide bonds. The van der Waals surface area contributed by atoms with E-state index in [0.29, 0.717) is 4.47 Å². The minimum absolute atomic E-state index is 0.0843. The maximum atomic E-state index is 11.7. The van der Waals surface area contributed by atoms with Gasteiger partial charge in [-0.1, -0.05) is 15.9 Å². The number of phenols is 1. The smallest absolute Gasteiger partial charge is 0.325 e. The number of hydrogen-bond donors (Lipinski definition) is 2. The van der Waals surface area contributed by atoms with Gasteiger partial charge in [0, 0.05) is 11.0 Å². The van der Waals surface area contributed by atoms with E-state index in [2.05, 4.69) is 26.0 Å². The summed E-state index contributed by atoms with van der Waals surface area (Å²) < 4.78 is 5.07. The highest BCUT2D eigenvalue weighted by atomic mass is 79.9. The molecule has 18 heavy (non-hydrogen) atoms. The monoisotopic (exact) mass is 335 g/mol. The predicted octanol–water partition coefficient (Wildman–Crippen LogP) is 1.66. The van der Waals surface area contributed by atoms with Crippen LogP contribution in [0, 0.1) is 0 Å². The molecule has 0 fully saturated rings. The first-order valence-electron chi connectivity index (χ1n) is 4.94. The maximum absolute atomic E-state index is 11.7. The van der Waals surface area contributed by atoms with Crippen molar-refractivity contribution >= 4 is 39.4 Å². The minimum atomic E-state index is -0.965. The molecule has 0 aromatic heterocycles. The Balaban J connectivity index is 2.66. The molecule has 7 heteroatoms. The number of carbonyl (C=O) groups is 2. The van der Waals surface area contributed by atoms with Gasteiger partial charge in [-0.25, -0.2) is 0 Å². The van der Waals surface area contributed by atoms with E-state index in [1.54, 1.807) is 6.07 Å².